The summed E-state index contributed by atoms with van der Waals surface area (Å²) in [5.41, 5.74) is 0.532. The van der Waals surface area contributed by atoms with Crippen LogP contribution in [0.15, 0.2) is 42.0 Å². The molecule has 0 N–H and O–H groups in total. The number of hydrogen-bond donors (Lipinski definition) is 0. The lowest BCUT2D eigenvalue weighted by Gasteiger charge is -2.33. The van der Waals surface area contributed by atoms with E-state index in [1.165, 1.54) is 4.90 Å². The van der Waals surface area contributed by atoms with E-state index in [9.17, 15) is 14.4 Å². The molecule has 126 valence electrons. The van der Waals surface area contributed by atoms with E-state index in [2.05, 4.69) is 6.08 Å². The van der Waals surface area contributed by atoms with Gasteiger partial charge in [0.2, 0.25) is 0 Å². The number of carbonyl (C=O) groups excluding carboxylic acids is 3. The van der Waals surface area contributed by atoms with Crippen LogP contribution < -0.4 is 0 Å². The van der Waals surface area contributed by atoms with Crippen molar-refractivity contribution in [2.75, 3.05) is 13.6 Å². The number of allylic oxidation sites excluding steroid dienone is 1. The van der Waals surface area contributed by atoms with Crippen molar-refractivity contribution >= 4 is 17.7 Å². The number of urea groups is 1. The highest BCUT2D eigenvalue weighted by Crippen LogP contribution is 2.37. The van der Waals surface area contributed by atoms with Gasteiger partial charge in [-0.1, -0.05) is 36.4 Å². The van der Waals surface area contributed by atoms with Crippen molar-refractivity contribution in [1.29, 1.82) is 0 Å². The smallest absolute Gasteiger partial charge is 0.309 e. The van der Waals surface area contributed by atoms with Crippen LogP contribution in [-0.4, -0.2) is 46.7 Å². The zero-order valence-electron chi connectivity index (χ0n) is 14.1. The van der Waals surface area contributed by atoms with Crippen LogP contribution in [0.1, 0.15) is 43.0 Å². The van der Waals surface area contributed by atoms with Crippen LogP contribution in [0.5, 0.6) is 0 Å². The van der Waals surface area contributed by atoms with E-state index in [1.54, 1.807) is 38.2 Å². The van der Waals surface area contributed by atoms with E-state index in [1.807, 2.05) is 6.07 Å². The maximum Gasteiger partial charge on any atom is 0.328 e. The van der Waals surface area contributed by atoms with Crippen molar-refractivity contribution in [3.8, 4) is 0 Å². The van der Waals surface area contributed by atoms with Gasteiger partial charge < -0.3 is 4.90 Å². The lowest BCUT2D eigenvalue weighted by Crippen LogP contribution is -2.47. The molecule has 3 rings (SSSR count). The molecule has 0 radical (unpaired) electrons. The monoisotopic (exact) mass is 326 g/mol. The summed E-state index contributed by atoms with van der Waals surface area (Å²) >= 11 is 0. The highest BCUT2D eigenvalue weighted by Gasteiger charge is 2.54. The van der Waals surface area contributed by atoms with Crippen LogP contribution in [-0.2, 0) is 4.79 Å². The third-order valence-corrected chi connectivity index (χ3v) is 5.16. The van der Waals surface area contributed by atoms with Gasteiger partial charge in [-0.3, -0.25) is 14.5 Å². The second-order valence-corrected chi connectivity index (χ2v) is 6.57. The molecule has 0 saturated carbocycles. The normalized spacial score (nSPS) is 24.3. The molecule has 0 unspecified atom stereocenters. The van der Waals surface area contributed by atoms with E-state index in [0.29, 0.717) is 5.56 Å². The first-order chi connectivity index (χ1) is 11.5. The van der Waals surface area contributed by atoms with Crippen LogP contribution >= 0.6 is 0 Å². The predicted molar refractivity (Wildman–Crippen MR) is 90.6 cm³/mol. The SMILES string of the molecule is CN1C(=O)N(CC(=O)c2ccccc2)C(=O)[C@@]1(C)C1=CCCCC1. The van der Waals surface area contributed by atoms with Crippen molar-refractivity contribution in [3.63, 3.8) is 0 Å². The standard InChI is InChI=1S/C19H22N2O3/c1-19(15-11-7-4-8-12-15)17(23)21(18(24)20(19)2)13-16(22)14-9-5-3-6-10-14/h3,5-6,9-11H,4,7-8,12-13H2,1-2H3/t19-/m1/s1. The number of imide groups is 1. The topological polar surface area (TPSA) is 57.7 Å². The predicted octanol–water partition coefficient (Wildman–Crippen LogP) is 3.02. The molecule has 1 saturated heterocycles. The number of nitrogens with zero attached hydrogens (tertiary/aromatic N) is 2. The van der Waals surface area contributed by atoms with E-state index < -0.39 is 11.6 Å². The largest absolute Gasteiger partial charge is 0.328 e. The molecule has 2 aliphatic rings. The fraction of sp³-hybridized carbons (Fsp3) is 0.421. The summed E-state index contributed by atoms with van der Waals surface area (Å²) in [6.07, 6.45) is 5.97. The Hall–Kier alpha value is -2.43. The number of ketones is 1. The Morgan fingerprint density at radius 1 is 1.17 bits per heavy atom. The third-order valence-electron chi connectivity index (χ3n) is 5.16. The van der Waals surface area contributed by atoms with Crippen molar-refractivity contribution in [1.82, 2.24) is 9.80 Å². The van der Waals surface area contributed by atoms with E-state index in [4.69, 9.17) is 0 Å². The second-order valence-electron chi connectivity index (χ2n) is 6.57. The Balaban J connectivity index is 1.85. The summed E-state index contributed by atoms with van der Waals surface area (Å²) in [5.74, 6) is -0.528. The summed E-state index contributed by atoms with van der Waals surface area (Å²) in [6.45, 7) is 1.58. The van der Waals surface area contributed by atoms with Gasteiger partial charge in [-0.15, -0.1) is 0 Å². The van der Waals surface area contributed by atoms with Crippen molar-refractivity contribution in [3.05, 3.63) is 47.5 Å². The highest BCUT2D eigenvalue weighted by atomic mass is 16.2. The van der Waals surface area contributed by atoms with Gasteiger partial charge >= 0.3 is 6.03 Å². The van der Waals surface area contributed by atoms with Crippen molar-refractivity contribution < 1.29 is 14.4 Å². The first-order valence-corrected chi connectivity index (χ1v) is 8.33. The van der Waals surface area contributed by atoms with Gasteiger partial charge in [-0.25, -0.2) is 4.79 Å². The molecule has 24 heavy (non-hydrogen) atoms. The van der Waals surface area contributed by atoms with Gasteiger partial charge in [-0.2, -0.15) is 0 Å². The zero-order valence-corrected chi connectivity index (χ0v) is 14.1. The molecule has 5 heteroatoms. The average Bonchev–Trinajstić information content (AvgIpc) is 2.79. The fourth-order valence-corrected chi connectivity index (χ4v) is 3.50. The summed E-state index contributed by atoms with van der Waals surface area (Å²) in [4.78, 5) is 40.5. The number of rotatable bonds is 4. The molecule has 0 spiro atoms. The van der Waals surface area contributed by atoms with Gasteiger partial charge in [0.25, 0.3) is 5.91 Å². The van der Waals surface area contributed by atoms with Crippen LogP contribution in [0.2, 0.25) is 0 Å². The van der Waals surface area contributed by atoms with Gasteiger partial charge in [0.05, 0.1) is 6.54 Å². The molecular formula is C19H22N2O3. The Labute approximate surface area is 141 Å². The molecule has 1 heterocycles. The molecule has 1 atom stereocenters. The minimum Gasteiger partial charge on any atom is -0.309 e. The van der Waals surface area contributed by atoms with Gasteiger partial charge in [0.1, 0.15) is 5.54 Å². The van der Waals surface area contributed by atoms with Gasteiger partial charge in [0.15, 0.2) is 5.78 Å². The highest BCUT2D eigenvalue weighted by molar-refractivity contribution is 6.12. The van der Waals surface area contributed by atoms with Crippen molar-refractivity contribution in [2.45, 2.75) is 38.1 Å². The number of carbonyl (C=O) groups is 3. The van der Waals surface area contributed by atoms with Crippen LogP contribution in [0, 0.1) is 0 Å². The second kappa shape index (κ2) is 6.23. The Bertz CT molecular complexity index is 711. The number of Topliss-reactive ketones (excluding diaryl/α,β-unsaturated/α-hetero) is 1. The third kappa shape index (κ3) is 2.54. The number of benzene rings is 1. The molecule has 1 aliphatic heterocycles. The minimum atomic E-state index is -0.964. The van der Waals surface area contributed by atoms with Gasteiger partial charge in [-0.05, 0) is 38.2 Å². The van der Waals surface area contributed by atoms with Gasteiger partial charge in [0, 0.05) is 12.6 Å². The average molecular weight is 326 g/mol. The Morgan fingerprint density at radius 3 is 2.50 bits per heavy atom. The molecule has 3 amide bonds. The zero-order chi connectivity index (χ0) is 17.3. The minimum absolute atomic E-state index is 0.213. The molecular weight excluding hydrogens is 304 g/mol. The number of hydrogen-bond acceptors (Lipinski definition) is 3. The maximum atomic E-state index is 13.0. The summed E-state index contributed by atoms with van der Waals surface area (Å²) in [7, 11) is 1.64. The van der Waals surface area contributed by atoms with E-state index in [0.717, 1.165) is 36.2 Å². The first-order valence-electron chi connectivity index (χ1n) is 8.33. The van der Waals surface area contributed by atoms with Crippen LogP contribution in [0.4, 0.5) is 4.79 Å². The molecule has 1 aromatic rings. The molecule has 0 bridgehead atoms. The molecule has 1 fully saturated rings. The number of amides is 3. The summed E-state index contributed by atoms with van der Waals surface area (Å²) in [5, 5.41) is 0. The first kappa shape index (κ1) is 16.4. The number of likely N-dealkylation sites (N-methyl/N-ethyl adjacent to an activating group) is 1. The Kier molecular flexibility index (Phi) is 4.26. The Morgan fingerprint density at radius 2 is 1.88 bits per heavy atom. The maximum absolute atomic E-state index is 13.0. The van der Waals surface area contributed by atoms with Crippen LogP contribution in [0.3, 0.4) is 0 Å². The van der Waals surface area contributed by atoms with E-state index >= 15 is 0 Å². The molecule has 1 aliphatic carbocycles. The lowest BCUT2D eigenvalue weighted by atomic mass is 9.83. The summed E-state index contributed by atoms with van der Waals surface area (Å²) in [6, 6.07) is 8.34. The fourth-order valence-electron chi connectivity index (χ4n) is 3.50. The van der Waals surface area contributed by atoms with E-state index in [-0.39, 0.29) is 18.2 Å². The lowest BCUT2D eigenvalue weighted by molar-refractivity contribution is -0.130. The molecule has 0 aromatic heterocycles. The quantitative estimate of drug-likeness (QED) is 0.485. The molecule has 1 aromatic carbocycles. The summed E-state index contributed by atoms with van der Waals surface area (Å²) < 4.78 is 0. The van der Waals surface area contributed by atoms with Crippen molar-refractivity contribution in [2.24, 2.45) is 0 Å². The molecule has 5 nitrogen and oxygen atoms in total. The van der Waals surface area contributed by atoms with Crippen LogP contribution in [0.25, 0.3) is 0 Å².